The molecule has 0 unspecified atom stereocenters. The van der Waals surface area contributed by atoms with Gasteiger partial charge in [0.05, 0.1) is 12.8 Å². The molecular formula is C11H10BrN3O4S2. The van der Waals surface area contributed by atoms with Crippen LogP contribution < -0.4 is 15.2 Å². The summed E-state index contributed by atoms with van der Waals surface area (Å²) in [5.41, 5.74) is 5.95. The molecule has 0 aliphatic rings. The molecule has 7 nitrogen and oxygen atoms in total. The van der Waals surface area contributed by atoms with E-state index in [9.17, 15) is 13.2 Å². The van der Waals surface area contributed by atoms with Gasteiger partial charge in [0.25, 0.3) is 10.0 Å². The largest absolute Gasteiger partial charge is 0.495 e. The first-order valence-corrected chi connectivity index (χ1v) is 8.59. The van der Waals surface area contributed by atoms with Gasteiger partial charge in [0.15, 0.2) is 16.4 Å². The highest BCUT2D eigenvalue weighted by Gasteiger charge is 2.20. The molecule has 21 heavy (non-hydrogen) atoms. The maximum atomic E-state index is 12.2. The zero-order valence-electron chi connectivity index (χ0n) is 10.7. The van der Waals surface area contributed by atoms with Crippen LogP contribution in [0.4, 0.5) is 10.8 Å². The molecule has 0 spiro atoms. The van der Waals surface area contributed by atoms with E-state index in [4.69, 9.17) is 10.5 Å². The van der Waals surface area contributed by atoms with Gasteiger partial charge in [-0.3, -0.25) is 9.52 Å². The monoisotopic (exact) mass is 391 g/mol. The zero-order chi connectivity index (χ0) is 15.6. The number of sulfonamides is 1. The summed E-state index contributed by atoms with van der Waals surface area (Å²) in [6.45, 7) is 0. The third-order valence-corrected chi connectivity index (χ3v) is 5.22. The van der Waals surface area contributed by atoms with Gasteiger partial charge in [-0.1, -0.05) is 0 Å². The fourth-order valence-corrected chi connectivity index (χ4v) is 3.84. The molecule has 1 aromatic heterocycles. The minimum atomic E-state index is -3.88. The number of aromatic nitrogens is 1. The number of carbonyl (C=O) groups is 1. The van der Waals surface area contributed by atoms with Gasteiger partial charge in [0, 0.05) is 15.4 Å². The average molecular weight is 392 g/mol. The van der Waals surface area contributed by atoms with Crippen LogP contribution in [0.2, 0.25) is 0 Å². The second-order valence-corrected chi connectivity index (χ2v) is 7.19. The number of hydrogen-bond donors (Lipinski definition) is 2. The van der Waals surface area contributed by atoms with E-state index >= 15 is 0 Å². The number of anilines is 2. The smallest absolute Gasteiger partial charge is 0.280 e. The molecule has 0 saturated carbocycles. The highest BCUT2D eigenvalue weighted by molar-refractivity contribution is 9.10. The van der Waals surface area contributed by atoms with Crippen LogP contribution in [0, 0.1) is 0 Å². The van der Waals surface area contributed by atoms with Crippen LogP contribution in [0.15, 0.2) is 27.0 Å². The Morgan fingerprint density at radius 1 is 1.48 bits per heavy atom. The number of methoxy groups -OCH3 is 1. The molecule has 0 aliphatic carbocycles. The average Bonchev–Trinajstić information content (AvgIpc) is 2.86. The number of ether oxygens (including phenoxy) is 1. The molecule has 0 amide bonds. The first-order valence-electron chi connectivity index (χ1n) is 5.44. The number of nitrogens with zero attached hydrogens (tertiary/aromatic N) is 1. The van der Waals surface area contributed by atoms with E-state index in [1.165, 1.54) is 24.6 Å². The Balaban J connectivity index is 2.43. The standard InChI is InChI=1S/C11H10BrN3O4S2/c1-19-9-2-6(4-16)7(12)3-8(9)15-21(17,18)10-5-20-11(13)14-10/h2-5,15H,1H3,(H2,13,14). The second-order valence-electron chi connectivity index (χ2n) is 3.82. The van der Waals surface area contributed by atoms with Crippen molar-refractivity contribution in [3.05, 3.63) is 27.5 Å². The van der Waals surface area contributed by atoms with Crippen molar-refractivity contribution in [2.75, 3.05) is 17.6 Å². The minimum absolute atomic E-state index is 0.153. The number of benzene rings is 1. The van der Waals surface area contributed by atoms with Gasteiger partial charge >= 0.3 is 0 Å². The highest BCUT2D eigenvalue weighted by Crippen LogP contribution is 2.32. The number of nitrogens with two attached hydrogens (primary N) is 1. The molecule has 0 bridgehead atoms. The number of nitrogen functional groups attached to an aromatic ring is 1. The predicted octanol–water partition coefficient (Wildman–Crippen LogP) is 2.11. The van der Waals surface area contributed by atoms with Crippen molar-refractivity contribution in [2.45, 2.75) is 5.03 Å². The Morgan fingerprint density at radius 2 is 2.19 bits per heavy atom. The van der Waals surface area contributed by atoms with Gasteiger partial charge in [-0.05, 0) is 28.1 Å². The van der Waals surface area contributed by atoms with Crippen LogP contribution >= 0.6 is 27.3 Å². The summed E-state index contributed by atoms with van der Waals surface area (Å²) in [5, 5.41) is 1.31. The first-order chi connectivity index (χ1) is 9.87. The van der Waals surface area contributed by atoms with E-state index in [1.54, 1.807) is 0 Å². The Labute approximate surface area is 133 Å². The summed E-state index contributed by atoms with van der Waals surface area (Å²) in [4.78, 5) is 14.6. The van der Waals surface area contributed by atoms with Crippen molar-refractivity contribution in [3.8, 4) is 5.75 Å². The van der Waals surface area contributed by atoms with Gasteiger partial charge in [0.2, 0.25) is 0 Å². The molecule has 2 aromatic rings. The molecule has 1 heterocycles. The van der Waals surface area contributed by atoms with E-state index in [0.717, 1.165) is 11.3 Å². The van der Waals surface area contributed by atoms with Crippen LogP contribution in [0.5, 0.6) is 5.75 Å². The third kappa shape index (κ3) is 3.34. The van der Waals surface area contributed by atoms with Gasteiger partial charge in [-0.15, -0.1) is 11.3 Å². The van der Waals surface area contributed by atoms with E-state index in [1.807, 2.05) is 0 Å². The maximum Gasteiger partial charge on any atom is 0.280 e. The SMILES string of the molecule is COc1cc(C=O)c(Br)cc1NS(=O)(=O)c1csc(N)n1. The topological polar surface area (TPSA) is 111 Å². The first kappa shape index (κ1) is 15.7. The lowest BCUT2D eigenvalue weighted by Crippen LogP contribution is -2.14. The van der Waals surface area contributed by atoms with Crippen molar-refractivity contribution < 1.29 is 17.9 Å². The Kier molecular flexibility index (Phi) is 4.49. The summed E-state index contributed by atoms with van der Waals surface area (Å²) >= 11 is 4.21. The van der Waals surface area contributed by atoms with Crippen LogP contribution in [0.25, 0.3) is 0 Å². The lowest BCUT2D eigenvalue weighted by atomic mass is 10.2. The molecule has 0 fully saturated rings. The lowest BCUT2D eigenvalue weighted by molar-refractivity contribution is 0.112. The summed E-state index contributed by atoms with van der Waals surface area (Å²) in [5.74, 6) is 0.215. The van der Waals surface area contributed by atoms with E-state index in [2.05, 4.69) is 25.6 Å². The molecule has 3 N–H and O–H groups in total. The normalized spacial score (nSPS) is 11.1. The van der Waals surface area contributed by atoms with Gasteiger partial charge in [-0.25, -0.2) is 4.98 Å². The molecule has 112 valence electrons. The molecule has 0 aliphatic heterocycles. The van der Waals surface area contributed by atoms with Crippen molar-refractivity contribution in [3.63, 3.8) is 0 Å². The second kappa shape index (κ2) is 6.00. The molecule has 10 heteroatoms. The van der Waals surface area contributed by atoms with Crippen molar-refractivity contribution in [2.24, 2.45) is 0 Å². The zero-order valence-corrected chi connectivity index (χ0v) is 13.9. The fourth-order valence-electron chi connectivity index (χ4n) is 1.50. The highest BCUT2D eigenvalue weighted by atomic mass is 79.9. The molecule has 1 aromatic carbocycles. The summed E-state index contributed by atoms with van der Waals surface area (Å²) in [6, 6.07) is 2.86. The Hall–Kier alpha value is -1.65. The van der Waals surface area contributed by atoms with E-state index in [0.29, 0.717) is 16.3 Å². The third-order valence-electron chi connectivity index (χ3n) is 2.47. The Bertz CT molecular complexity index is 789. The molecule has 2 rings (SSSR count). The number of thiazole rings is 1. The maximum absolute atomic E-state index is 12.2. The number of carbonyl (C=O) groups excluding carboxylic acids is 1. The number of nitrogens with one attached hydrogen (secondary N) is 1. The van der Waals surface area contributed by atoms with Crippen molar-refractivity contribution >= 4 is 54.4 Å². The number of halogens is 1. The Morgan fingerprint density at radius 3 is 2.71 bits per heavy atom. The fraction of sp³-hybridized carbons (Fsp3) is 0.0909. The van der Waals surface area contributed by atoms with Gasteiger partial charge in [0.1, 0.15) is 5.75 Å². The summed E-state index contributed by atoms with van der Waals surface area (Å²) in [7, 11) is -2.51. The van der Waals surface area contributed by atoms with E-state index < -0.39 is 10.0 Å². The van der Waals surface area contributed by atoms with Crippen molar-refractivity contribution in [1.82, 2.24) is 4.98 Å². The number of aldehydes is 1. The number of hydrogen-bond acceptors (Lipinski definition) is 7. The number of rotatable bonds is 5. The quantitative estimate of drug-likeness (QED) is 0.754. The minimum Gasteiger partial charge on any atom is -0.495 e. The summed E-state index contributed by atoms with van der Waals surface area (Å²) in [6.07, 6.45) is 0.631. The molecule has 0 atom stereocenters. The van der Waals surface area contributed by atoms with Crippen molar-refractivity contribution in [1.29, 1.82) is 0 Å². The van der Waals surface area contributed by atoms with Crippen LogP contribution in [0.3, 0.4) is 0 Å². The predicted molar refractivity (Wildman–Crippen MR) is 83.4 cm³/mol. The summed E-state index contributed by atoms with van der Waals surface area (Å²) < 4.78 is 32.2. The van der Waals surface area contributed by atoms with Crippen LogP contribution in [-0.2, 0) is 10.0 Å². The molecule has 0 radical (unpaired) electrons. The van der Waals surface area contributed by atoms with Crippen LogP contribution in [-0.4, -0.2) is 26.8 Å². The van der Waals surface area contributed by atoms with E-state index in [-0.39, 0.29) is 21.6 Å². The van der Waals surface area contributed by atoms with Crippen LogP contribution in [0.1, 0.15) is 10.4 Å². The van der Waals surface area contributed by atoms with Gasteiger partial charge < -0.3 is 10.5 Å². The molecule has 0 saturated heterocycles. The molecular weight excluding hydrogens is 382 g/mol. The van der Waals surface area contributed by atoms with Gasteiger partial charge in [-0.2, -0.15) is 8.42 Å². The lowest BCUT2D eigenvalue weighted by Gasteiger charge is -2.12.